The summed E-state index contributed by atoms with van der Waals surface area (Å²) >= 11 is 0.937. The lowest BCUT2D eigenvalue weighted by atomic mass is 10.1. The zero-order valence-corrected chi connectivity index (χ0v) is 14.5. The molecule has 0 saturated heterocycles. The highest BCUT2D eigenvalue weighted by molar-refractivity contribution is 7.91. The maximum Gasteiger partial charge on any atom is 0.242 e. The van der Waals surface area contributed by atoms with E-state index in [-0.39, 0.29) is 27.9 Å². The zero-order chi connectivity index (χ0) is 16.4. The summed E-state index contributed by atoms with van der Waals surface area (Å²) in [5.74, 6) is -0.338. The minimum atomic E-state index is -3.49. The molecule has 0 radical (unpaired) electrons. The Bertz CT molecular complexity index is 617. The molecule has 1 unspecified atom stereocenters. The minimum Gasteiger partial charge on any atom is -0.382 e. The van der Waals surface area contributed by atoms with E-state index < -0.39 is 15.9 Å². The van der Waals surface area contributed by atoms with Crippen molar-refractivity contribution in [3.8, 4) is 0 Å². The highest BCUT2D eigenvalue weighted by Gasteiger charge is 2.27. The van der Waals surface area contributed by atoms with E-state index in [2.05, 4.69) is 15.0 Å². The van der Waals surface area contributed by atoms with Crippen LogP contribution in [0.3, 0.4) is 0 Å². The van der Waals surface area contributed by atoms with E-state index in [0.717, 1.165) is 11.5 Å². The number of rotatable bonds is 5. The van der Waals surface area contributed by atoms with E-state index in [1.165, 1.54) is 6.92 Å². The van der Waals surface area contributed by atoms with E-state index in [4.69, 9.17) is 5.73 Å². The van der Waals surface area contributed by atoms with Gasteiger partial charge in [-0.25, -0.2) is 8.42 Å². The summed E-state index contributed by atoms with van der Waals surface area (Å²) in [6.07, 6.45) is 0. The van der Waals surface area contributed by atoms with Gasteiger partial charge in [0.25, 0.3) is 0 Å². The fourth-order valence-corrected chi connectivity index (χ4v) is 3.81. The van der Waals surface area contributed by atoms with Crippen LogP contribution in [0.15, 0.2) is 4.90 Å². The smallest absolute Gasteiger partial charge is 0.242 e. The first-order valence-corrected chi connectivity index (χ1v) is 8.97. The maximum absolute atomic E-state index is 12.0. The fourth-order valence-electron chi connectivity index (χ4n) is 1.57. The Morgan fingerprint density at radius 2 is 2.00 bits per heavy atom. The van der Waals surface area contributed by atoms with Crippen LogP contribution < -0.4 is 16.4 Å². The van der Waals surface area contributed by atoms with Gasteiger partial charge in [0.1, 0.15) is 15.9 Å². The first kappa shape index (κ1) is 17.7. The van der Waals surface area contributed by atoms with Crippen molar-refractivity contribution in [2.24, 2.45) is 0 Å². The van der Waals surface area contributed by atoms with Crippen molar-refractivity contribution < 1.29 is 13.2 Å². The predicted molar refractivity (Wildman–Crippen MR) is 85.2 cm³/mol. The van der Waals surface area contributed by atoms with Gasteiger partial charge in [0, 0.05) is 5.54 Å². The van der Waals surface area contributed by atoms with Crippen molar-refractivity contribution in [1.82, 2.24) is 9.69 Å². The lowest BCUT2D eigenvalue weighted by Gasteiger charge is -2.23. The summed E-state index contributed by atoms with van der Waals surface area (Å²) in [5, 5.41) is 6.00. The van der Waals surface area contributed by atoms with Crippen LogP contribution in [-0.2, 0) is 14.6 Å². The van der Waals surface area contributed by atoms with Gasteiger partial charge in [0.15, 0.2) is 15.7 Å². The van der Waals surface area contributed by atoms with Crippen LogP contribution in [0.1, 0.15) is 34.6 Å². The average Bonchev–Trinajstić information content (AvgIpc) is 2.68. The number of carbonyl (C=O) groups excluding carboxylic acids is 1. The Kier molecular flexibility index (Phi) is 5.21. The number of nitrogens with two attached hydrogens (primary N) is 1. The molecule has 120 valence electrons. The Balaban J connectivity index is 2.98. The number of amides is 1. The summed E-state index contributed by atoms with van der Waals surface area (Å²) in [7, 11) is -3.49. The first-order valence-electron chi connectivity index (χ1n) is 6.54. The van der Waals surface area contributed by atoms with Crippen molar-refractivity contribution in [2.45, 2.75) is 51.1 Å². The monoisotopic (exact) mass is 334 g/mol. The topological polar surface area (TPSA) is 114 Å². The molecule has 0 aliphatic heterocycles. The normalized spacial score (nSPS) is 13.8. The minimum absolute atomic E-state index is 0.0228. The Morgan fingerprint density at radius 3 is 2.48 bits per heavy atom. The van der Waals surface area contributed by atoms with Gasteiger partial charge < -0.3 is 16.4 Å². The number of hydrogen-bond acceptors (Lipinski definition) is 7. The van der Waals surface area contributed by atoms with Gasteiger partial charge >= 0.3 is 0 Å². The number of nitrogen functional groups attached to an aromatic ring is 1. The molecular weight excluding hydrogens is 312 g/mol. The fraction of sp³-hybridized carbons (Fsp3) is 0.667. The van der Waals surface area contributed by atoms with Crippen molar-refractivity contribution in [1.29, 1.82) is 0 Å². The number of anilines is 2. The molecule has 9 heteroatoms. The second kappa shape index (κ2) is 6.18. The molecule has 0 saturated carbocycles. The number of sulfone groups is 1. The molecule has 0 aliphatic carbocycles. The molecule has 1 rings (SSSR count). The highest BCUT2D eigenvalue weighted by Crippen LogP contribution is 2.32. The van der Waals surface area contributed by atoms with Gasteiger partial charge in [-0.05, 0) is 39.2 Å². The standard InChI is InChI=1S/C12H22N4O3S2/c1-6-21(18,19)8-9(13)16-20-11(8)14-7(2)10(17)15-12(3,4)5/h7,14H,6H2,1-5H3,(H2,13,16)(H,15,17). The molecule has 21 heavy (non-hydrogen) atoms. The van der Waals surface area contributed by atoms with Crippen LogP contribution in [0.4, 0.5) is 10.8 Å². The molecule has 0 bridgehead atoms. The van der Waals surface area contributed by atoms with Gasteiger partial charge in [-0.15, -0.1) is 0 Å². The number of aromatic nitrogens is 1. The van der Waals surface area contributed by atoms with E-state index >= 15 is 0 Å². The lowest BCUT2D eigenvalue weighted by Crippen LogP contribution is -2.47. The summed E-state index contributed by atoms with van der Waals surface area (Å²) in [6.45, 7) is 8.80. The van der Waals surface area contributed by atoms with Gasteiger partial charge in [-0.3, -0.25) is 4.79 Å². The quantitative estimate of drug-likeness (QED) is 0.746. The Hall–Kier alpha value is -1.35. The van der Waals surface area contributed by atoms with E-state index in [1.54, 1.807) is 6.92 Å². The number of carbonyl (C=O) groups is 1. The SMILES string of the molecule is CCS(=O)(=O)c1c(N)nsc1NC(C)C(=O)NC(C)(C)C. The molecule has 1 heterocycles. The highest BCUT2D eigenvalue weighted by atomic mass is 32.2. The van der Waals surface area contributed by atoms with Crippen molar-refractivity contribution in [3.63, 3.8) is 0 Å². The summed E-state index contributed by atoms with van der Waals surface area (Å²) in [4.78, 5) is 12.0. The predicted octanol–water partition coefficient (Wildman–Crippen LogP) is 1.23. The van der Waals surface area contributed by atoms with Crippen LogP contribution >= 0.6 is 11.5 Å². The number of nitrogens with zero attached hydrogens (tertiary/aromatic N) is 1. The largest absolute Gasteiger partial charge is 0.382 e. The summed E-state index contributed by atoms with van der Waals surface area (Å²) < 4.78 is 27.9. The maximum atomic E-state index is 12.0. The Labute approximate surface area is 129 Å². The van der Waals surface area contributed by atoms with E-state index in [0.29, 0.717) is 5.00 Å². The van der Waals surface area contributed by atoms with Gasteiger partial charge in [0.05, 0.1) is 5.75 Å². The second-order valence-electron chi connectivity index (χ2n) is 5.73. The molecule has 1 amide bonds. The molecule has 1 aromatic rings. The molecular formula is C12H22N4O3S2. The number of nitrogens with one attached hydrogen (secondary N) is 2. The average molecular weight is 334 g/mol. The zero-order valence-electron chi connectivity index (χ0n) is 12.9. The van der Waals surface area contributed by atoms with Crippen LogP contribution in [0.25, 0.3) is 0 Å². The van der Waals surface area contributed by atoms with Crippen LogP contribution in [0.5, 0.6) is 0 Å². The van der Waals surface area contributed by atoms with Crippen LogP contribution in [-0.4, -0.2) is 36.0 Å². The molecule has 7 nitrogen and oxygen atoms in total. The summed E-state index contributed by atoms with van der Waals surface area (Å²) in [5.41, 5.74) is 5.27. The molecule has 0 aromatic carbocycles. The van der Waals surface area contributed by atoms with Crippen molar-refractivity contribution in [2.75, 3.05) is 16.8 Å². The van der Waals surface area contributed by atoms with Crippen LogP contribution in [0, 0.1) is 0 Å². The van der Waals surface area contributed by atoms with Crippen molar-refractivity contribution in [3.05, 3.63) is 0 Å². The van der Waals surface area contributed by atoms with Crippen LogP contribution in [0.2, 0.25) is 0 Å². The third kappa shape index (κ3) is 4.57. The lowest BCUT2D eigenvalue weighted by molar-refractivity contribution is -0.122. The first-order chi connectivity index (χ1) is 9.48. The van der Waals surface area contributed by atoms with Crippen molar-refractivity contribution >= 4 is 38.1 Å². The second-order valence-corrected chi connectivity index (χ2v) is 8.72. The summed E-state index contributed by atoms with van der Waals surface area (Å²) in [6, 6.07) is -0.602. The Morgan fingerprint density at radius 1 is 1.43 bits per heavy atom. The number of hydrogen-bond donors (Lipinski definition) is 3. The van der Waals surface area contributed by atoms with E-state index in [9.17, 15) is 13.2 Å². The van der Waals surface area contributed by atoms with Gasteiger partial charge in [-0.1, -0.05) is 6.92 Å². The molecule has 0 fully saturated rings. The third-order valence-electron chi connectivity index (χ3n) is 2.60. The molecule has 0 spiro atoms. The molecule has 4 N–H and O–H groups in total. The van der Waals surface area contributed by atoms with Gasteiger partial charge in [-0.2, -0.15) is 4.37 Å². The molecule has 0 aliphatic rings. The van der Waals surface area contributed by atoms with E-state index in [1.807, 2.05) is 20.8 Å². The molecule has 1 atom stereocenters. The third-order valence-corrected chi connectivity index (χ3v) is 5.32. The molecule has 1 aromatic heterocycles. The van der Waals surface area contributed by atoms with Gasteiger partial charge in [0.2, 0.25) is 5.91 Å².